The second kappa shape index (κ2) is 7.80. The number of hydrogen-bond acceptors (Lipinski definition) is 2. The SMILES string of the molecule is CCCCCC(C)NC(C)CC(N)=O. The molecule has 2 unspecified atom stereocenters. The molecular weight excluding hydrogens is 176 g/mol. The first-order valence-corrected chi connectivity index (χ1v) is 5.60. The molecule has 3 heteroatoms. The fourth-order valence-electron chi connectivity index (χ4n) is 1.63. The van der Waals surface area contributed by atoms with Crippen molar-refractivity contribution in [2.45, 2.75) is 65.0 Å². The van der Waals surface area contributed by atoms with Gasteiger partial charge in [0, 0.05) is 18.5 Å². The zero-order valence-electron chi connectivity index (χ0n) is 9.68. The summed E-state index contributed by atoms with van der Waals surface area (Å²) in [5.41, 5.74) is 5.11. The number of nitrogens with one attached hydrogen (secondary N) is 1. The van der Waals surface area contributed by atoms with Crippen LogP contribution in [0.25, 0.3) is 0 Å². The normalized spacial score (nSPS) is 15.1. The summed E-state index contributed by atoms with van der Waals surface area (Å²) in [6, 6.07) is 0.681. The highest BCUT2D eigenvalue weighted by atomic mass is 16.1. The van der Waals surface area contributed by atoms with Crippen LogP contribution < -0.4 is 11.1 Å². The van der Waals surface area contributed by atoms with Crippen LogP contribution in [0.1, 0.15) is 52.9 Å². The number of carbonyl (C=O) groups excluding carboxylic acids is 1. The minimum Gasteiger partial charge on any atom is -0.370 e. The Morgan fingerprint density at radius 2 is 1.93 bits per heavy atom. The Balaban J connectivity index is 3.49. The van der Waals surface area contributed by atoms with E-state index in [2.05, 4.69) is 19.2 Å². The molecule has 3 N–H and O–H groups in total. The highest BCUT2D eigenvalue weighted by Gasteiger charge is 2.08. The second-order valence-corrected chi connectivity index (χ2v) is 4.13. The van der Waals surface area contributed by atoms with Gasteiger partial charge in [-0.3, -0.25) is 4.79 Å². The summed E-state index contributed by atoms with van der Waals surface area (Å²) in [6.45, 7) is 6.36. The predicted molar refractivity (Wildman–Crippen MR) is 60.0 cm³/mol. The molecular formula is C11H24N2O. The maximum absolute atomic E-state index is 10.6. The van der Waals surface area contributed by atoms with Crippen molar-refractivity contribution in [1.29, 1.82) is 0 Å². The van der Waals surface area contributed by atoms with Gasteiger partial charge in [-0.1, -0.05) is 26.2 Å². The Hall–Kier alpha value is -0.570. The lowest BCUT2D eigenvalue weighted by Gasteiger charge is -2.18. The molecule has 0 heterocycles. The number of carbonyl (C=O) groups is 1. The molecule has 0 saturated heterocycles. The molecule has 0 saturated carbocycles. The van der Waals surface area contributed by atoms with Gasteiger partial charge < -0.3 is 11.1 Å². The Labute approximate surface area is 87.4 Å². The van der Waals surface area contributed by atoms with Gasteiger partial charge in [0.25, 0.3) is 0 Å². The second-order valence-electron chi connectivity index (χ2n) is 4.13. The van der Waals surface area contributed by atoms with Crippen LogP contribution in [-0.2, 0) is 4.79 Å². The summed E-state index contributed by atoms with van der Waals surface area (Å²) < 4.78 is 0. The molecule has 0 bridgehead atoms. The number of hydrogen-bond donors (Lipinski definition) is 2. The van der Waals surface area contributed by atoms with Gasteiger partial charge in [-0.2, -0.15) is 0 Å². The molecule has 0 aromatic rings. The zero-order chi connectivity index (χ0) is 11.0. The number of amides is 1. The van der Waals surface area contributed by atoms with Crippen molar-refractivity contribution in [3.63, 3.8) is 0 Å². The largest absolute Gasteiger partial charge is 0.370 e. The summed E-state index contributed by atoms with van der Waals surface area (Å²) in [4.78, 5) is 10.6. The molecule has 0 aromatic heterocycles. The fraction of sp³-hybridized carbons (Fsp3) is 0.909. The molecule has 3 nitrogen and oxygen atoms in total. The fourth-order valence-corrected chi connectivity index (χ4v) is 1.63. The van der Waals surface area contributed by atoms with Crippen molar-refractivity contribution >= 4 is 5.91 Å². The molecule has 14 heavy (non-hydrogen) atoms. The lowest BCUT2D eigenvalue weighted by atomic mass is 10.1. The van der Waals surface area contributed by atoms with Crippen molar-refractivity contribution in [3.8, 4) is 0 Å². The van der Waals surface area contributed by atoms with Crippen molar-refractivity contribution in [3.05, 3.63) is 0 Å². The van der Waals surface area contributed by atoms with E-state index in [0.29, 0.717) is 12.5 Å². The van der Waals surface area contributed by atoms with Crippen molar-refractivity contribution in [1.82, 2.24) is 5.32 Å². The highest BCUT2D eigenvalue weighted by Crippen LogP contribution is 2.04. The van der Waals surface area contributed by atoms with Gasteiger partial charge in [0.2, 0.25) is 5.91 Å². The third-order valence-electron chi connectivity index (χ3n) is 2.32. The van der Waals surface area contributed by atoms with Crippen molar-refractivity contribution in [2.24, 2.45) is 5.73 Å². The minimum absolute atomic E-state index is 0.198. The third kappa shape index (κ3) is 8.05. The van der Waals surface area contributed by atoms with E-state index in [1.165, 1.54) is 25.7 Å². The Bertz CT molecular complexity index is 159. The molecule has 0 aliphatic rings. The lowest BCUT2D eigenvalue weighted by Crippen LogP contribution is -2.37. The van der Waals surface area contributed by atoms with Crippen LogP contribution in [0, 0.1) is 0 Å². The van der Waals surface area contributed by atoms with Crippen molar-refractivity contribution < 1.29 is 4.79 Å². The predicted octanol–water partition coefficient (Wildman–Crippen LogP) is 1.81. The van der Waals surface area contributed by atoms with E-state index in [4.69, 9.17) is 5.73 Å². The van der Waals surface area contributed by atoms with E-state index in [9.17, 15) is 4.79 Å². The van der Waals surface area contributed by atoms with Crippen LogP contribution in [-0.4, -0.2) is 18.0 Å². The smallest absolute Gasteiger partial charge is 0.218 e. The monoisotopic (exact) mass is 200 g/mol. The molecule has 0 aliphatic carbocycles. The first-order valence-electron chi connectivity index (χ1n) is 5.60. The van der Waals surface area contributed by atoms with Gasteiger partial charge in [0.05, 0.1) is 0 Å². The average molecular weight is 200 g/mol. The number of rotatable bonds is 8. The van der Waals surface area contributed by atoms with Gasteiger partial charge in [-0.15, -0.1) is 0 Å². The first-order chi connectivity index (χ1) is 6.56. The van der Waals surface area contributed by atoms with Gasteiger partial charge >= 0.3 is 0 Å². The molecule has 1 amide bonds. The van der Waals surface area contributed by atoms with Crippen LogP contribution in [0.5, 0.6) is 0 Å². The summed E-state index contributed by atoms with van der Waals surface area (Å²) in [7, 11) is 0. The number of nitrogens with two attached hydrogens (primary N) is 1. The van der Waals surface area contributed by atoms with Crippen LogP contribution in [0.15, 0.2) is 0 Å². The molecule has 0 rings (SSSR count). The van der Waals surface area contributed by atoms with Gasteiger partial charge in [0.1, 0.15) is 0 Å². The van der Waals surface area contributed by atoms with E-state index < -0.39 is 0 Å². The molecule has 0 spiro atoms. The van der Waals surface area contributed by atoms with Crippen LogP contribution in [0.3, 0.4) is 0 Å². The molecule has 84 valence electrons. The summed E-state index contributed by atoms with van der Waals surface area (Å²) in [5, 5.41) is 3.37. The molecule has 0 radical (unpaired) electrons. The summed E-state index contributed by atoms with van der Waals surface area (Å²) in [6.07, 6.45) is 5.41. The molecule has 0 fully saturated rings. The average Bonchev–Trinajstić information content (AvgIpc) is 2.02. The topological polar surface area (TPSA) is 55.1 Å². The van der Waals surface area contributed by atoms with E-state index in [0.717, 1.165) is 0 Å². The number of primary amides is 1. The highest BCUT2D eigenvalue weighted by molar-refractivity contribution is 5.74. The van der Waals surface area contributed by atoms with E-state index >= 15 is 0 Å². The summed E-state index contributed by atoms with van der Waals surface area (Å²) in [5.74, 6) is -0.231. The quantitative estimate of drug-likeness (QED) is 0.587. The maximum Gasteiger partial charge on any atom is 0.218 e. The van der Waals surface area contributed by atoms with Gasteiger partial charge in [-0.05, 0) is 20.3 Å². The maximum atomic E-state index is 10.6. The lowest BCUT2D eigenvalue weighted by molar-refractivity contribution is -0.118. The molecule has 0 aliphatic heterocycles. The first kappa shape index (κ1) is 13.4. The molecule has 2 atom stereocenters. The minimum atomic E-state index is -0.231. The van der Waals surface area contributed by atoms with Gasteiger partial charge in [-0.25, -0.2) is 0 Å². The van der Waals surface area contributed by atoms with E-state index in [1.807, 2.05) is 6.92 Å². The van der Waals surface area contributed by atoms with Gasteiger partial charge in [0.15, 0.2) is 0 Å². The number of unbranched alkanes of at least 4 members (excludes halogenated alkanes) is 2. The van der Waals surface area contributed by atoms with Crippen molar-refractivity contribution in [2.75, 3.05) is 0 Å². The Kier molecular flexibility index (Phi) is 7.48. The standard InChI is InChI=1S/C11H24N2O/c1-4-5-6-7-9(2)13-10(3)8-11(12)14/h9-10,13H,4-8H2,1-3H3,(H2,12,14). The van der Waals surface area contributed by atoms with Crippen LogP contribution >= 0.6 is 0 Å². The molecule has 0 aromatic carbocycles. The van der Waals surface area contributed by atoms with Crippen LogP contribution in [0.4, 0.5) is 0 Å². The summed E-state index contributed by atoms with van der Waals surface area (Å²) >= 11 is 0. The Morgan fingerprint density at radius 1 is 1.29 bits per heavy atom. The van der Waals surface area contributed by atoms with E-state index in [1.54, 1.807) is 0 Å². The van der Waals surface area contributed by atoms with Crippen LogP contribution in [0.2, 0.25) is 0 Å². The zero-order valence-corrected chi connectivity index (χ0v) is 9.68. The Morgan fingerprint density at radius 3 is 2.43 bits per heavy atom. The third-order valence-corrected chi connectivity index (χ3v) is 2.32. The van der Waals surface area contributed by atoms with E-state index in [-0.39, 0.29) is 11.9 Å².